The van der Waals surface area contributed by atoms with Gasteiger partial charge in [-0.05, 0) is 25.0 Å². The van der Waals surface area contributed by atoms with Crippen LogP contribution >= 0.6 is 0 Å². The van der Waals surface area contributed by atoms with Crippen LogP contribution in [0, 0.1) is 5.41 Å². The zero-order valence-corrected chi connectivity index (χ0v) is 12.3. The zero-order chi connectivity index (χ0) is 15.3. The van der Waals surface area contributed by atoms with E-state index in [0.717, 1.165) is 5.56 Å². The summed E-state index contributed by atoms with van der Waals surface area (Å²) in [6, 6.07) is 9.71. The molecule has 1 aliphatic rings. The van der Waals surface area contributed by atoms with E-state index in [1.54, 1.807) is 19.2 Å². The fourth-order valence-corrected chi connectivity index (χ4v) is 2.15. The average molecular weight is 281 g/mol. The quantitative estimate of drug-likeness (QED) is 0.863. The van der Waals surface area contributed by atoms with Crippen molar-refractivity contribution in [2.75, 3.05) is 7.05 Å². The second kappa shape index (κ2) is 6.35. The molecular weight excluding hydrogens is 262 g/mol. The molecule has 0 saturated carbocycles. The van der Waals surface area contributed by atoms with Gasteiger partial charge >= 0.3 is 0 Å². The van der Waals surface area contributed by atoms with Crippen molar-refractivity contribution in [3.63, 3.8) is 0 Å². The Labute approximate surface area is 125 Å². The molecule has 1 N–H and O–H groups in total. The van der Waals surface area contributed by atoms with Gasteiger partial charge in [0.15, 0.2) is 5.78 Å². The highest BCUT2D eigenvalue weighted by molar-refractivity contribution is 6.01. The number of hydrogen-bond acceptors (Lipinski definition) is 2. The molecule has 0 bridgehead atoms. The highest BCUT2D eigenvalue weighted by atomic mass is 16.1. The lowest BCUT2D eigenvalue weighted by Crippen LogP contribution is -2.27. The van der Waals surface area contributed by atoms with Crippen molar-refractivity contribution in [3.8, 4) is 0 Å². The number of likely N-dealkylation sites (N-methyl/N-ethyl adjacent to an activating group) is 1. The topological polar surface area (TPSA) is 46.2 Å². The third kappa shape index (κ3) is 3.57. The van der Waals surface area contributed by atoms with Crippen molar-refractivity contribution in [2.45, 2.75) is 13.3 Å². The van der Waals surface area contributed by atoms with E-state index in [9.17, 15) is 9.59 Å². The Balaban J connectivity index is 2.07. The van der Waals surface area contributed by atoms with Gasteiger partial charge in [-0.15, -0.1) is 0 Å². The van der Waals surface area contributed by atoms with E-state index in [1.807, 2.05) is 55.5 Å². The number of hydrogen-bond donors (Lipinski definition) is 1. The molecular formula is C18H19NO2. The summed E-state index contributed by atoms with van der Waals surface area (Å²) in [5.41, 5.74) is 1.02. The first-order valence-corrected chi connectivity index (χ1v) is 6.94. The Morgan fingerprint density at radius 1 is 1.24 bits per heavy atom. The van der Waals surface area contributed by atoms with E-state index < -0.39 is 5.41 Å². The van der Waals surface area contributed by atoms with Gasteiger partial charge < -0.3 is 5.32 Å². The Bertz CT molecular complexity index is 626. The van der Waals surface area contributed by atoms with Crippen LogP contribution in [0.1, 0.15) is 18.9 Å². The lowest BCUT2D eigenvalue weighted by molar-refractivity contribution is -0.121. The first-order valence-electron chi connectivity index (χ1n) is 6.94. The average Bonchev–Trinajstić information content (AvgIpc) is 2.53. The molecule has 0 fully saturated rings. The number of rotatable bonds is 4. The molecule has 3 heteroatoms. The van der Waals surface area contributed by atoms with Crippen molar-refractivity contribution in [2.24, 2.45) is 5.41 Å². The third-order valence-corrected chi connectivity index (χ3v) is 3.66. The maximum atomic E-state index is 12.4. The minimum Gasteiger partial charge on any atom is -0.355 e. The zero-order valence-electron chi connectivity index (χ0n) is 12.3. The monoisotopic (exact) mass is 281 g/mol. The molecule has 21 heavy (non-hydrogen) atoms. The second-order valence-corrected chi connectivity index (χ2v) is 5.30. The first kappa shape index (κ1) is 15.0. The van der Waals surface area contributed by atoms with Crippen molar-refractivity contribution in [1.82, 2.24) is 5.32 Å². The highest BCUT2D eigenvalue weighted by Crippen LogP contribution is 2.31. The molecule has 108 valence electrons. The summed E-state index contributed by atoms with van der Waals surface area (Å²) in [6.07, 6.45) is 9.31. The fourth-order valence-electron chi connectivity index (χ4n) is 2.15. The predicted molar refractivity (Wildman–Crippen MR) is 84.5 cm³/mol. The standard InChI is InChI=1S/C18H19NO2/c1-18(12-10-15(11-13-18)17(21)19-2)16(20)9-8-14-6-4-3-5-7-14/h3-12H,13H2,1-2H3,(H,19,21)/b9-8+. The summed E-state index contributed by atoms with van der Waals surface area (Å²) in [6.45, 7) is 1.89. The maximum absolute atomic E-state index is 12.4. The summed E-state index contributed by atoms with van der Waals surface area (Å²) in [4.78, 5) is 23.9. The molecule has 0 spiro atoms. The van der Waals surface area contributed by atoms with Crippen LogP contribution in [0.15, 0.2) is 60.2 Å². The van der Waals surface area contributed by atoms with Gasteiger partial charge in [-0.1, -0.05) is 54.6 Å². The molecule has 2 rings (SSSR count). The number of carbonyl (C=O) groups excluding carboxylic acids is 2. The Morgan fingerprint density at radius 2 is 1.95 bits per heavy atom. The lowest BCUT2D eigenvalue weighted by Gasteiger charge is -2.24. The molecule has 1 amide bonds. The number of ketones is 1. The minimum atomic E-state index is -0.581. The van der Waals surface area contributed by atoms with Crippen molar-refractivity contribution < 1.29 is 9.59 Å². The van der Waals surface area contributed by atoms with Crippen LogP contribution in [-0.2, 0) is 9.59 Å². The summed E-state index contributed by atoms with van der Waals surface area (Å²) in [5, 5.41) is 2.58. The van der Waals surface area contributed by atoms with Gasteiger partial charge in [-0.3, -0.25) is 9.59 Å². The van der Waals surface area contributed by atoms with E-state index in [-0.39, 0.29) is 11.7 Å². The maximum Gasteiger partial charge on any atom is 0.250 e. The largest absolute Gasteiger partial charge is 0.355 e. The molecule has 0 heterocycles. The summed E-state index contributed by atoms with van der Waals surface area (Å²) < 4.78 is 0. The molecule has 1 unspecified atom stereocenters. The molecule has 1 aromatic rings. The van der Waals surface area contributed by atoms with Gasteiger partial charge in [0.1, 0.15) is 0 Å². The predicted octanol–water partition coefficient (Wildman–Crippen LogP) is 2.91. The van der Waals surface area contributed by atoms with Gasteiger partial charge in [0.05, 0.1) is 5.41 Å². The number of benzene rings is 1. The molecule has 3 nitrogen and oxygen atoms in total. The summed E-state index contributed by atoms with van der Waals surface area (Å²) in [7, 11) is 1.60. The van der Waals surface area contributed by atoms with E-state index in [2.05, 4.69) is 5.32 Å². The van der Waals surface area contributed by atoms with Crippen LogP contribution in [0.3, 0.4) is 0 Å². The molecule has 1 aliphatic carbocycles. The van der Waals surface area contributed by atoms with Gasteiger partial charge in [-0.25, -0.2) is 0 Å². The summed E-state index contributed by atoms with van der Waals surface area (Å²) in [5.74, 6) is -0.0876. The van der Waals surface area contributed by atoms with Crippen LogP contribution in [0.2, 0.25) is 0 Å². The smallest absolute Gasteiger partial charge is 0.250 e. The Morgan fingerprint density at radius 3 is 2.52 bits per heavy atom. The Hall–Kier alpha value is -2.42. The van der Waals surface area contributed by atoms with E-state index in [0.29, 0.717) is 12.0 Å². The number of allylic oxidation sites excluding steroid dienone is 3. The van der Waals surface area contributed by atoms with Gasteiger partial charge in [-0.2, -0.15) is 0 Å². The van der Waals surface area contributed by atoms with Gasteiger partial charge in [0.2, 0.25) is 0 Å². The molecule has 0 radical (unpaired) electrons. The van der Waals surface area contributed by atoms with Gasteiger partial charge in [0, 0.05) is 12.6 Å². The Kier molecular flexibility index (Phi) is 4.53. The molecule has 0 aromatic heterocycles. The van der Waals surface area contributed by atoms with E-state index in [4.69, 9.17) is 0 Å². The normalized spacial score (nSPS) is 21.1. The molecule has 1 aromatic carbocycles. The molecule has 0 aliphatic heterocycles. The van der Waals surface area contributed by atoms with Crippen molar-refractivity contribution >= 4 is 17.8 Å². The molecule has 1 atom stereocenters. The van der Waals surface area contributed by atoms with Crippen LogP contribution in [0.25, 0.3) is 6.08 Å². The minimum absolute atomic E-state index is 0.0369. The van der Waals surface area contributed by atoms with Crippen molar-refractivity contribution in [3.05, 3.63) is 65.8 Å². The van der Waals surface area contributed by atoms with Crippen molar-refractivity contribution in [1.29, 1.82) is 0 Å². The summed E-state index contributed by atoms with van der Waals surface area (Å²) >= 11 is 0. The van der Waals surface area contributed by atoms with Crippen LogP contribution in [-0.4, -0.2) is 18.7 Å². The number of amides is 1. The molecule has 0 saturated heterocycles. The van der Waals surface area contributed by atoms with Crippen LogP contribution in [0.5, 0.6) is 0 Å². The SMILES string of the molecule is CNC(=O)C1=CCC(C)(C(=O)/C=C/c2ccccc2)C=C1. The fraction of sp³-hybridized carbons (Fsp3) is 0.222. The van der Waals surface area contributed by atoms with Gasteiger partial charge in [0.25, 0.3) is 5.91 Å². The van der Waals surface area contributed by atoms with Crippen LogP contribution in [0.4, 0.5) is 0 Å². The number of carbonyl (C=O) groups is 2. The lowest BCUT2D eigenvalue weighted by atomic mass is 9.78. The van der Waals surface area contributed by atoms with E-state index in [1.165, 1.54) is 0 Å². The van der Waals surface area contributed by atoms with E-state index >= 15 is 0 Å². The third-order valence-electron chi connectivity index (χ3n) is 3.66. The second-order valence-electron chi connectivity index (χ2n) is 5.30. The first-order chi connectivity index (χ1) is 10.0. The highest BCUT2D eigenvalue weighted by Gasteiger charge is 2.30. The number of nitrogens with one attached hydrogen (secondary N) is 1. The van der Waals surface area contributed by atoms with Crippen LogP contribution < -0.4 is 5.32 Å².